The number of aromatic nitrogens is 21. The summed E-state index contributed by atoms with van der Waals surface area (Å²) in [5.74, 6) is 10.5. The van der Waals surface area contributed by atoms with Crippen LogP contribution in [0, 0.1) is 39.5 Å². The first-order valence-electron chi connectivity index (χ1n) is 50.2. The van der Waals surface area contributed by atoms with E-state index >= 15 is 0 Å². The van der Waals surface area contributed by atoms with Crippen LogP contribution in [-0.4, -0.2) is 174 Å². The summed E-state index contributed by atoms with van der Waals surface area (Å²) in [5, 5.41) is 48.7. The number of aliphatic hydroxyl groups excluding tert-OH is 2. The molecule has 2 saturated carbocycles. The van der Waals surface area contributed by atoms with Crippen LogP contribution in [0.5, 0.6) is 0 Å². The molecular weight excluding hydrogens is 1780 g/mol. The molecule has 0 saturated heterocycles. The molecule has 0 amide bonds. The number of benzene rings is 8. The molecule has 8 aromatic carbocycles. The first-order valence-corrected chi connectivity index (χ1v) is 50.2. The van der Waals surface area contributed by atoms with Crippen molar-refractivity contribution in [3.63, 3.8) is 0 Å². The predicted molar refractivity (Wildman–Crippen MR) is 589 cm³/mol. The Morgan fingerprint density at radius 3 is 1.13 bits per heavy atom. The van der Waals surface area contributed by atoms with Crippen molar-refractivity contribution in [1.29, 1.82) is 0 Å². The van der Waals surface area contributed by atoms with Gasteiger partial charge < -0.3 is 79.4 Å². The lowest BCUT2D eigenvalue weighted by Crippen LogP contribution is -2.19. The van der Waals surface area contributed by atoms with Crippen LogP contribution in [0.15, 0.2) is 219 Å². The van der Waals surface area contributed by atoms with E-state index in [1.54, 1.807) is 13.4 Å². The second kappa shape index (κ2) is 44.5. The van der Waals surface area contributed by atoms with Gasteiger partial charge in [-0.3, -0.25) is 0 Å². The summed E-state index contributed by atoms with van der Waals surface area (Å²) >= 11 is 0. The Balaban J connectivity index is 0.000000110. The predicted octanol–water partition coefficient (Wildman–Crippen LogP) is 22.8. The number of unbranched alkanes of at least 4 members (excludes halogenated alkanes) is 3. The van der Waals surface area contributed by atoms with Gasteiger partial charge in [0, 0.05) is 127 Å². The Kier molecular flexibility index (Phi) is 30.4. The third-order valence-corrected chi connectivity index (χ3v) is 27.7. The molecule has 14 heterocycles. The number of pyridine rings is 7. The zero-order chi connectivity index (χ0) is 99.3. The standard InChI is InChI=1S/C19H24N4.C19H18N4.C18H22N4.C17H22N4.C14H16N4O2.2C13H14N4/c2*1-13-21-17-18(23(13)12-14-8-4-3-5-9-14)15-10-6-7-11-16(15)22-19(17)20-2;1-19-18-16-17(14-9-5-6-10-15(14)21-18)22(12-20-16)11-13-7-3-2-4-8-13;1-3-4-5-8-11-21-12-19-15-16(21)13-9-6-7-10-14(13)20-17(15)18-2;1-15-14-12-13(10-4-2-3-5-11(10)17-14)18(8-16-12)6-9(20)7-19;1-8-4-5-10-9(6-8)12-11(13(14-2)16-10)15-7-17(12)3;1-8-15-11-12(17(8)3)9-6-4-5-7-10(9)16-13(11)14-2/h6-7,10-11,14H,3-5,8-9,12H2,1-2H3,(H,20,22);3-11H,12H2,1-2H3,(H,20,22);5-6,9-10,12-13H,2-4,7-8,11H2,1H3,(H,19,21);6-7,9-10,12H,3-5,8,11H2,1-2H3,(H,18,20);2-5,8-9,19-20H,6-7H2,1H3,(H,15,17);2*4-7H,1-3H3,(H,14,16). The molecular formula is C113H130N28O2. The zero-order valence-electron chi connectivity index (χ0n) is 84.4. The third kappa shape index (κ3) is 20.4. The van der Waals surface area contributed by atoms with Crippen molar-refractivity contribution in [3.8, 4) is 0 Å². The normalized spacial score (nSPS) is 13.1. The van der Waals surface area contributed by atoms with Crippen LogP contribution < -0.4 is 37.2 Å². The van der Waals surface area contributed by atoms with E-state index in [1.165, 1.54) is 134 Å². The molecule has 2 aliphatic carbocycles. The Morgan fingerprint density at radius 1 is 0.329 bits per heavy atom. The summed E-state index contributed by atoms with van der Waals surface area (Å²) in [6.07, 6.45) is 25.4. The monoisotopic (exact) mass is 1910 g/mol. The zero-order valence-corrected chi connectivity index (χ0v) is 84.4. The van der Waals surface area contributed by atoms with Crippen LogP contribution >= 0.6 is 0 Å². The van der Waals surface area contributed by atoms with Crippen molar-refractivity contribution in [1.82, 2.24) is 102 Å². The van der Waals surface area contributed by atoms with Crippen LogP contribution in [0.3, 0.4) is 0 Å². The lowest BCUT2D eigenvalue weighted by molar-refractivity contribution is 0.0821. The lowest BCUT2D eigenvalue weighted by Gasteiger charge is -2.23. The van der Waals surface area contributed by atoms with Gasteiger partial charge in [0.1, 0.15) is 56.1 Å². The highest BCUT2D eigenvalue weighted by molar-refractivity contribution is 6.13. The van der Waals surface area contributed by atoms with Crippen molar-refractivity contribution in [2.75, 3.05) is 93.2 Å². The van der Waals surface area contributed by atoms with E-state index in [0.717, 1.165) is 211 Å². The van der Waals surface area contributed by atoms with Crippen molar-refractivity contribution in [2.45, 2.75) is 163 Å². The van der Waals surface area contributed by atoms with Crippen LogP contribution in [0.25, 0.3) is 154 Å². The fraction of sp³-hybridized carbons (Fsp3) is 0.327. The van der Waals surface area contributed by atoms with Gasteiger partial charge >= 0.3 is 0 Å². The van der Waals surface area contributed by atoms with E-state index in [1.807, 2.05) is 164 Å². The summed E-state index contributed by atoms with van der Waals surface area (Å²) in [6, 6.07) is 66.0. The van der Waals surface area contributed by atoms with Crippen LogP contribution in [0.4, 0.5) is 40.7 Å². The van der Waals surface area contributed by atoms with Gasteiger partial charge in [0.2, 0.25) is 0 Å². The van der Waals surface area contributed by atoms with Crippen LogP contribution in [0.1, 0.15) is 125 Å². The summed E-state index contributed by atoms with van der Waals surface area (Å²) in [4.78, 5) is 64.7. The van der Waals surface area contributed by atoms with Gasteiger partial charge in [-0.15, -0.1) is 0 Å². The van der Waals surface area contributed by atoms with Gasteiger partial charge in [-0.1, -0.05) is 216 Å². The van der Waals surface area contributed by atoms with Crippen LogP contribution in [-0.2, 0) is 46.8 Å². The Hall–Kier alpha value is -15.6. The van der Waals surface area contributed by atoms with E-state index in [-0.39, 0.29) is 6.61 Å². The minimum atomic E-state index is -0.808. The topological polar surface area (TPSA) is 340 Å². The number of anilines is 7. The number of rotatable bonds is 21. The maximum absolute atomic E-state index is 9.66. The molecule has 1 atom stereocenters. The van der Waals surface area contributed by atoms with E-state index in [0.29, 0.717) is 12.4 Å². The van der Waals surface area contributed by atoms with Gasteiger partial charge in [0.05, 0.1) is 122 Å². The smallest absolute Gasteiger partial charge is 0.154 e. The van der Waals surface area contributed by atoms with Crippen molar-refractivity contribution in [3.05, 3.63) is 248 Å². The molecule has 22 aromatic rings. The van der Waals surface area contributed by atoms with E-state index in [2.05, 4.69) is 254 Å². The highest BCUT2D eigenvalue weighted by Crippen LogP contribution is 2.39. The number of para-hydroxylation sites is 6. The molecule has 9 N–H and O–H groups in total. The molecule has 0 bridgehead atoms. The molecule has 2 fully saturated rings. The van der Waals surface area contributed by atoms with Gasteiger partial charge in [0.15, 0.2) is 40.7 Å². The molecule has 0 aliphatic heterocycles. The second-order valence-corrected chi connectivity index (χ2v) is 37.2. The number of fused-ring (bicyclic) bond motifs is 21. The quantitative estimate of drug-likeness (QED) is 0.0302. The van der Waals surface area contributed by atoms with E-state index in [4.69, 9.17) is 30.0 Å². The summed E-state index contributed by atoms with van der Waals surface area (Å²) in [7, 11) is 17.2. The van der Waals surface area contributed by atoms with Crippen molar-refractivity contribution in [2.24, 2.45) is 25.9 Å². The lowest BCUT2D eigenvalue weighted by atomic mass is 9.89. The molecule has 0 spiro atoms. The summed E-state index contributed by atoms with van der Waals surface area (Å²) in [6.45, 7) is 14.5. The van der Waals surface area contributed by atoms with Gasteiger partial charge in [-0.25, -0.2) is 69.8 Å². The highest BCUT2D eigenvalue weighted by Gasteiger charge is 2.26. The Bertz CT molecular complexity index is 8240. The van der Waals surface area contributed by atoms with Gasteiger partial charge in [-0.05, 0) is 126 Å². The maximum Gasteiger partial charge on any atom is 0.154 e. The molecule has 24 rings (SSSR count). The minimum absolute atomic E-state index is 0.276. The summed E-state index contributed by atoms with van der Waals surface area (Å²) < 4.78 is 15.3. The van der Waals surface area contributed by atoms with E-state index < -0.39 is 6.10 Å². The number of aliphatic hydroxyl groups is 2. The molecule has 143 heavy (non-hydrogen) atoms. The highest BCUT2D eigenvalue weighted by atomic mass is 16.3. The first-order chi connectivity index (χ1) is 69.9. The van der Waals surface area contributed by atoms with Crippen molar-refractivity contribution < 1.29 is 10.2 Å². The fourth-order valence-corrected chi connectivity index (χ4v) is 20.4. The molecule has 1 unspecified atom stereocenters. The maximum atomic E-state index is 9.66. The molecule has 0 radical (unpaired) electrons. The minimum Gasteiger partial charge on any atom is -0.394 e. The number of imidazole rings is 7. The Morgan fingerprint density at radius 2 is 0.678 bits per heavy atom. The van der Waals surface area contributed by atoms with Gasteiger partial charge in [-0.2, -0.15) is 0 Å². The van der Waals surface area contributed by atoms with Crippen molar-refractivity contribution >= 4 is 194 Å². The molecule has 2 aliphatic rings. The molecule has 30 nitrogen and oxygen atoms in total. The van der Waals surface area contributed by atoms with Gasteiger partial charge in [0.25, 0.3) is 0 Å². The fourth-order valence-electron chi connectivity index (χ4n) is 20.4. The number of hydrogen-bond donors (Lipinski definition) is 9. The average molecular weight is 1910 g/mol. The number of aryl methyl sites for hydroxylation is 7. The summed E-state index contributed by atoms with van der Waals surface area (Å²) in [5.41, 5.74) is 23.9. The molecule has 30 heteroatoms. The number of nitrogens with one attached hydrogen (secondary N) is 7. The average Bonchev–Trinajstić information content (AvgIpc) is 1.58. The largest absolute Gasteiger partial charge is 0.394 e. The third-order valence-electron chi connectivity index (χ3n) is 27.7. The first kappa shape index (κ1) is 97.7. The molecule has 734 valence electrons. The Labute approximate surface area is 831 Å². The van der Waals surface area contributed by atoms with Crippen LogP contribution in [0.2, 0.25) is 0 Å². The number of nitrogens with zero attached hydrogens (tertiary/aromatic N) is 21. The molecule has 14 aromatic heterocycles. The SMILES string of the molecule is CCCCCCn1cnc2c(NC)nc3ccccc3c21.CNc1nc2ccc(C)cc2c2c1ncn2C.CNc1nc2ccccc2c2c1nc(C)n2C.CNc1nc2ccccc2c2c1nc(C)n2CC1CCCCC1.CNc1nc2ccccc2c2c1nc(C)n2Cc1ccccc1.CNc1nc2ccccc2c2c1ncn2CC(O)CO.CNc1nc2ccccc2c2c1ncn2CC1CCCCC1. The number of hydrogen-bond acceptors (Lipinski definition) is 23. The van der Waals surface area contributed by atoms with E-state index in [9.17, 15) is 5.11 Å². The second-order valence-electron chi connectivity index (χ2n) is 37.2.